The van der Waals surface area contributed by atoms with E-state index < -0.39 is 0 Å². The molecule has 1 aliphatic heterocycles. The normalized spacial score (nSPS) is 16.5. The first-order valence-electron chi connectivity index (χ1n) is 8.37. The molecule has 1 heterocycles. The number of nitrogens with zero attached hydrogens (tertiary/aromatic N) is 1. The summed E-state index contributed by atoms with van der Waals surface area (Å²) < 4.78 is 0. The first-order chi connectivity index (χ1) is 9.83. The minimum absolute atomic E-state index is 1.16. The fraction of sp³-hybridized carbons (Fsp3) is 0.667. The standard InChI is InChI=1S/C18H30N2/c1-3-17-9-8-16(15-18(17)4-2)7-5-6-12-20-13-10-19-11-14-20/h8-9,15,19H,3-7,10-14H2,1-2H3. The second-order valence-electron chi connectivity index (χ2n) is 5.86. The lowest BCUT2D eigenvalue weighted by Gasteiger charge is -2.27. The summed E-state index contributed by atoms with van der Waals surface area (Å²) in [5.74, 6) is 0. The number of hydrogen-bond donors (Lipinski definition) is 1. The Balaban J connectivity index is 1.73. The molecule has 1 aliphatic rings. The van der Waals surface area contributed by atoms with Gasteiger partial charge < -0.3 is 10.2 Å². The molecule has 0 aromatic heterocycles. The molecule has 1 aromatic carbocycles. The van der Waals surface area contributed by atoms with Gasteiger partial charge in [-0.1, -0.05) is 32.0 Å². The molecular formula is C18H30N2. The fourth-order valence-corrected chi connectivity index (χ4v) is 3.11. The summed E-state index contributed by atoms with van der Waals surface area (Å²) in [5, 5.41) is 3.41. The van der Waals surface area contributed by atoms with Gasteiger partial charge in [-0.15, -0.1) is 0 Å². The van der Waals surface area contributed by atoms with Gasteiger partial charge in [-0.3, -0.25) is 0 Å². The highest BCUT2D eigenvalue weighted by Crippen LogP contribution is 2.15. The van der Waals surface area contributed by atoms with Gasteiger partial charge in [-0.25, -0.2) is 0 Å². The lowest BCUT2D eigenvalue weighted by Crippen LogP contribution is -2.43. The molecule has 0 unspecified atom stereocenters. The van der Waals surface area contributed by atoms with Crippen LogP contribution < -0.4 is 5.32 Å². The topological polar surface area (TPSA) is 15.3 Å². The summed E-state index contributed by atoms with van der Waals surface area (Å²) in [4.78, 5) is 2.59. The number of rotatable bonds is 7. The zero-order valence-electron chi connectivity index (χ0n) is 13.3. The van der Waals surface area contributed by atoms with Gasteiger partial charge in [0.05, 0.1) is 0 Å². The average molecular weight is 274 g/mol. The Morgan fingerprint density at radius 1 is 1.00 bits per heavy atom. The maximum Gasteiger partial charge on any atom is 0.0107 e. The molecule has 20 heavy (non-hydrogen) atoms. The number of nitrogens with one attached hydrogen (secondary N) is 1. The molecule has 0 atom stereocenters. The molecule has 0 amide bonds. The van der Waals surface area contributed by atoms with E-state index in [4.69, 9.17) is 0 Å². The van der Waals surface area contributed by atoms with Crippen LogP contribution >= 0.6 is 0 Å². The summed E-state index contributed by atoms with van der Waals surface area (Å²) in [5.41, 5.74) is 4.60. The van der Waals surface area contributed by atoms with E-state index in [1.165, 1.54) is 63.1 Å². The molecule has 0 bridgehead atoms. The van der Waals surface area contributed by atoms with Crippen molar-refractivity contribution in [1.82, 2.24) is 10.2 Å². The number of hydrogen-bond acceptors (Lipinski definition) is 2. The van der Waals surface area contributed by atoms with Crippen LogP contribution in [0.5, 0.6) is 0 Å². The van der Waals surface area contributed by atoms with Crippen LogP contribution in [0.4, 0.5) is 0 Å². The van der Waals surface area contributed by atoms with Crippen LogP contribution in [0.1, 0.15) is 43.4 Å². The van der Waals surface area contributed by atoms with Crippen LogP contribution in [0.15, 0.2) is 18.2 Å². The van der Waals surface area contributed by atoms with Crippen molar-refractivity contribution in [3.8, 4) is 0 Å². The summed E-state index contributed by atoms with van der Waals surface area (Å²) in [6.07, 6.45) is 6.21. The summed E-state index contributed by atoms with van der Waals surface area (Å²) in [6.45, 7) is 10.6. The van der Waals surface area contributed by atoms with Crippen molar-refractivity contribution in [3.63, 3.8) is 0 Å². The molecule has 0 aliphatic carbocycles. The number of aryl methyl sites for hydroxylation is 3. The second kappa shape index (κ2) is 8.43. The summed E-state index contributed by atoms with van der Waals surface area (Å²) in [6, 6.07) is 7.11. The van der Waals surface area contributed by atoms with E-state index in [2.05, 4.69) is 42.3 Å². The van der Waals surface area contributed by atoms with E-state index in [-0.39, 0.29) is 0 Å². The van der Waals surface area contributed by atoms with Gasteiger partial charge in [0.2, 0.25) is 0 Å². The maximum atomic E-state index is 3.41. The van der Waals surface area contributed by atoms with Gasteiger partial charge in [0, 0.05) is 26.2 Å². The van der Waals surface area contributed by atoms with E-state index in [1.54, 1.807) is 5.56 Å². The second-order valence-corrected chi connectivity index (χ2v) is 5.86. The van der Waals surface area contributed by atoms with Crippen molar-refractivity contribution in [3.05, 3.63) is 34.9 Å². The minimum Gasteiger partial charge on any atom is -0.314 e. The lowest BCUT2D eigenvalue weighted by molar-refractivity contribution is 0.237. The van der Waals surface area contributed by atoms with Crippen molar-refractivity contribution in [2.75, 3.05) is 32.7 Å². The molecule has 0 saturated carbocycles. The van der Waals surface area contributed by atoms with Gasteiger partial charge in [-0.2, -0.15) is 0 Å². The van der Waals surface area contributed by atoms with Crippen LogP contribution in [-0.2, 0) is 19.3 Å². The molecule has 1 aromatic rings. The fourth-order valence-electron chi connectivity index (χ4n) is 3.11. The molecule has 1 N–H and O–H groups in total. The zero-order chi connectivity index (χ0) is 14.2. The van der Waals surface area contributed by atoms with Gasteiger partial charge >= 0.3 is 0 Å². The van der Waals surface area contributed by atoms with Gasteiger partial charge in [0.1, 0.15) is 0 Å². The molecule has 112 valence electrons. The Hall–Kier alpha value is -0.860. The Morgan fingerprint density at radius 3 is 2.45 bits per heavy atom. The molecule has 2 heteroatoms. The van der Waals surface area contributed by atoms with Gasteiger partial charge in [0.25, 0.3) is 0 Å². The molecule has 2 nitrogen and oxygen atoms in total. The lowest BCUT2D eigenvalue weighted by atomic mass is 9.98. The zero-order valence-corrected chi connectivity index (χ0v) is 13.3. The third-order valence-electron chi connectivity index (χ3n) is 4.43. The van der Waals surface area contributed by atoms with Crippen molar-refractivity contribution >= 4 is 0 Å². The Labute approximate surface area is 124 Å². The Bertz CT molecular complexity index is 394. The van der Waals surface area contributed by atoms with Crippen LogP contribution in [0.3, 0.4) is 0 Å². The highest BCUT2D eigenvalue weighted by molar-refractivity contribution is 5.32. The quantitative estimate of drug-likeness (QED) is 0.769. The molecule has 0 radical (unpaired) electrons. The van der Waals surface area contributed by atoms with E-state index in [1.807, 2.05) is 0 Å². The van der Waals surface area contributed by atoms with Crippen LogP contribution in [0, 0.1) is 0 Å². The molecular weight excluding hydrogens is 244 g/mol. The average Bonchev–Trinajstić information content (AvgIpc) is 2.52. The molecule has 1 saturated heterocycles. The first-order valence-corrected chi connectivity index (χ1v) is 8.37. The summed E-state index contributed by atoms with van der Waals surface area (Å²) in [7, 11) is 0. The highest BCUT2D eigenvalue weighted by atomic mass is 15.2. The monoisotopic (exact) mass is 274 g/mol. The first kappa shape index (κ1) is 15.5. The largest absolute Gasteiger partial charge is 0.314 e. The van der Waals surface area contributed by atoms with Gasteiger partial charge in [0.15, 0.2) is 0 Å². The van der Waals surface area contributed by atoms with Crippen LogP contribution in [0.2, 0.25) is 0 Å². The Morgan fingerprint density at radius 2 is 1.75 bits per heavy atom. The Kier molecular flexibility index (Phi) is 6.55. The van der Waals surface area contributed by atoms with Crippen molar-refractivity contribution < 1.29 is 0 Å². The van der Waals surface area contributed by atoms with Crippen LogP contribution in [0.25, 0.3) is 0 Å². The number of unbranched alkanes of at least 4 members (excludes halogenated alkanes) is 1. The van der Waals surface area contributed by atoms with E-state index in [9.17, 15) is 0 Å². The minimum atomic E-state index is 1.16. The van der Waals surface area contributed by atoms with Crippen LogP contribution in [-0.4, -0.2) is 37.6 Å². The van der Waals surface area contributed by atoms with E-state index in [0.717, 1.165) is 12.8 Å². The van der Waals surface area contributed by atoms with E-state index >= 15 is 0 Å². The number of piperazine rings is 1. The molecule has 1 fully saturated rings. The highest BCUT2D eigenvalue weighted by Gasteiger charge is 2.08. The molecule has 2 rings (SSSR count). The predicted octanol–water partition coefficient (Wildman–Crippen LogP) is 3.04. The summed E-state index contributed by atoms with van der Waals surface area (Å²) >= 11 is 0. The number of benzene rings is 1. The van der Waals surface area contributed by atoms with Gasteiger partial charge in [-0.05, 0) is 55.3 Å². The third kappa shape index (κ3) is 4.60. The van der Waals surface area contributed by atoms with Crippen molar-refractivity contribution in [2.24, 2.45) is 0 Å². The molecule has 0 spiro atoms. The smallest absolute Gasteiger partial charge is 0.0107 e. The SMILES string of the molecule is CCc1ccc(CCCCN2CCNCC2)cc1CC. The third-order valence-corrected chi connectivity index (χ3v) is 4.43. The van der Waals surface area contributed by atoms with E-state index in [0.29, 0.717) is 0 Å². The predicted molar refractivity (Wildman–Crippen MR) is 87.4 cm³/mol. The van der Waals surface area contributed by atoms with Crippen molar-refractivity contribution in [2.45, 2.75) is 46.0 Å². The maximum absolute atomic E-state index is 3.41. The van der Waals surface area contributed by atoms with Crippen molar-refractivity contribution in [1.29, 1.82) is 0 Å².